The van der Waals surface area contributed by atoms with Crippen molar-refractivity contribution in [1.29, 1.82) is 0 Å². The van der Waals surface area contributed by atoms with Gasteiger partial charge in [-0.2, -0.15) is 0 Å². The third-order valence-electron chi connectivity index (χ3n) is 5.69. The Morgan fingerprint density at radius 2 is 1.31 bits per heavy atom. The quantitative estimate of drug-likeness (QED) is 0.386. The molecular weight excluding hydrogens is 406 g/mol. The van der Waals surface area contributed by atoms with E-state index in [0.717, 1.165) is 26.1 Å². The van der Waals surface area contributed by atoms with Gasteiger partial charge >= 0.3 is 6.03 Å². The van der Waals surface area contributed by atoms with Crippen molar-refractivity contribution in [2.75, 3.05) is 13.1 Å². The third-order valence-corrected chi connectivity index (χ3v) is 5.69. The van der Waals surface area contributed by atoms with Crippen LogP contribution in [-0.2, 0) is 4.79 Å². The predicted molar refractivity (Wildman–Crippen MR) is 119 cm³/mol. The van der Waals surface area contributed by atoms with Gasteiger partial charge in [-0.1, -0.05) is 48.5 Å². The summed E-state index contributed by atoms with van der Waals surface area (Å²) >= 11 is 0. The van der Waals surface area contributed by atoms with E-state index in [4.69, 9.17) is 0 Å². The molecule has 3 aromatic carbocycles. The third kappa shape index (κ3) is 3.33. The van der Waals surface area contributed by atoms with E-state index in [-0.39, 0.29) is 30.6 Å². The number of amides is 5. The summed E-state index contributed by atoms with van der Waals surface area (Å²) < 4.78 is 0. The van der Waals surface area contributed by atoms with Gasteiger partial charge in [-0.05, 0) is 47.0 Å². The van der Waals surface area contributed by atoms with Gasteiger partial charge < -0.3 is 5.32 Å². The van der Waals surface area contributed by atoms with Gasteiger partial charge in [0.05, 0.1) is 11.1 Å². The van der Waals surface area contributed by atoms with Crippen molar-refractivity contribution in [2.45, 2.75) is 6.42 Å². The van der Waals surface area contributed by atoms with Crippen molar-refractivity contribution in [2.24, 2.45) is 0 Å². The van der Waals surface area contributed by atoms with E-state index in [1.54, 1.807) is 30.3 Å². The Labute approximate surface area is 183 Å². The second kappa shape index (κ2) is 7.77. The fourth-order valence-electron chi connectivity index (χ4n) is 4.07. The van der Waals surface area contributed by atoms with Gasteiger partial charge in [-0.15, -0.1) is 0 Å². The Morgan fingerprint density at radius 3 is 2.03 bits per heavy atom. The molecule has 0 spiro atoms. The minimum Gasteiger partial charge on any atom is -0.303 e. The fourth-order valence-corrected chi connectivity index (χ4v) is 4.07. The number of carbonyl (C=O) groups is 4. The first-order chi connectivity index (χ1) is 15.5. The van der Waals surface area contributed by atoms with Crippen LogP contribution in [0.1, 0.15) is 32.7 Å². The Morgan fingerprint density at radius 1 is 0.688 bits per heavy atom. The summed E-state index contributed by atoms with van der Waals surface area (Å²) in [7, 11) is 0. The molecule has 0 bridgehead atoms. The molecule has 2 aliphatic rings. The molecule has 0 unspecified atom stereocenters. The summed E-state index contributed by atoms with van der Waals surface area (Å²) in [6, 6.07) is 19.9. The lowest BCUT2D eigenvalue weighted by atomic mass is 10.1. The number of imide groups is 2. The maximum Gasteiger partial charge on any atom is 0.329 e. The number of nitrogens with zero attached hydrogens (tertiary/aromatic N) is 2. The number of fused-ring (bicyclic) bond motifs is 2. The molecule has 2 aliphatic heterocycles. The number of hydrogen-bond acceptors (Lipinski definition) is 4. The second-order valence-corrected chi connectivity index (χ2v) is 7.71. The maximum atomic E-state index is 12.7. The number of urea groups is 1. The molecule has 0 aromatic heterocycles. The van der Waals surface area contributed by atoms with Gasteiger partial charge in [0.15, 0.2) is 0 Å². The molecule has 0 aliphatic carbocycles. The highest BCUT2D eigenvalue weighted by Crippen LogP contribution is 2.23. The van der Waals surface area contributed by atoms with E-state index in [2.05, 4.69) is 5.32 Å². The molecular formula is C25H19N3O4. The van der Waals surface area contributed by atoms with E-state index < -0.39 is 11.9 Å². The molecule has 1 fully saturated rings. The number of carbonyl (C=O) groups excluding carboxylic acids is 4. The Kier molecular flexibility index (Phi) is 4.78. The lowest BCUT2D eigenvalue weighted by Crippen LogP contribution is -2.36. The minimum absolute atomic E-state index is 0.104. The standard InChI is InChI=1S/C25H19N3O4/c29-22-19-8-3-4-9-20(19)23(30)27(22)12-5-13-28-24(31)21(26-25(28)32)15-16-10-11-17-6-1-2-7-18(17)14-16/h1-4,6-11,14-15H,5,12-13H2,(H,26,32). The van der Waals surface area contributed by atoms with Crippen LogP contribution in [0.25, 0.3) is 16.8 Å². The number of nitrogens with one attached hydrogen (secondary N) is 1. The molecule has 7 heteroatoms. The van der Waals surface area contributed by atoms with E-state index in [1.165, 1.54) is 0 Å². The first-order valence-corrected chi connectivity index (χ1v) is 10.3. The minimum atomic E-state index is -0.510. The molecule has 5 amide bonds. The van der Waals surface area contributed by atoms with Crippen molar-refractivity contribution < 1.29 is 19.2 Å². The second-order valence-electron chi connectivity index (χ2n) is 7.71. The van der Waals surface area contributed by atoms with Crippen LogP contribution in [0.3, 0.4) is 0 Å². The van der Waals surface area contributed by atoms with Crippen molar-refractivity contribution >= 4 is 40.6 Å². The van der Waals surface area contributed by atoms with Crippen LogP contribution in [0.15, 0.2) is 72.4 Å². The summed E-state index contributed by atoms with van der Waals surface area (Å²) in [5.74, 6) is -1.12. The Balaban J connectivity index is 1.25. The van der Waals surface area contributed by atoms with Gasteiger partial charge in [0.2, 0.25) is 0 Å². The van der Waals surface area contributed by atoms with Crippen molar-refractivity contribution in [3.8, 4) is 0 Å². The molecule has 2 heterocycles. The zero-order valence-electron chi connectivity index (χ0n) is 17.1. The van der Waals surface area contributed by atoms with Crippen LogP contribution in [0.4, 0.5) is 4.79 Å². The lowest BCUT2D eigenvalue weighted by molar-refractivity contribution is -0.122. The van der Waals surface area contributed by atoms with Crippen LogP contribution in [0.5, 0.6) is 0 Å². The lowest BCUT2D eigenvalue weighted by Gasteiger charge is -2.16. The molecule has 1 N–H and O–H groups in total. The number of benzene rings is 3. The van der Waals surface area contributed by atoms with Gasteiger partial charge in [0, 0.05) is 13.1 Å². The fraction of sp³-hybridized carbons (Fsp3) is 0.120. The van der Waals surface area contributed by atoms with Gasteiger partial charge in [-0.25, -0.2) is 4.79 Å². The van der Waals surface area contributed by atoms with Gasteiger partial charge in [0.25, 0.3) is 17.7 Å². The van der Waals surface area contributed by atoms with E-state index in [1.807, 2.05) is 42.5 Å². The van der Waals surface area contributed by atoms with Crippen molar-refractivity contribution in [3.05, 3.63) is 89.1 Å². The zero-order valence-corrected chi connectivity index (χ0v) is 17.1. The Hall–Kier alpha value is -4.26. The van der Waals surface area contributed by atoms with E-state index >= 15 is 0 Å². The molecule has 1 saturated heterocycles. The molecule has 0 radical (unpaired) electrons. The molecule has 158 valence electrons. The topological polar surface area (TPSA) is 86.8 Å². The maximum absolute atomic E-state index is 12.7. The Bertz CT molecular complexity index is 1290. The summed E-state index contributed by atoms with van der Waals surface area (Å²) in [6.45, 7) is 0.236. The zero-order chi connectivity index (χ0) is 22.2. The average molecular weight is 425 g/mol. The van der Waals surface area contributed by atoms with Crippen LogP contribution in [-0.4, -0.2) is 46.6 Å². The normalized spacial score (nSPS) is 16.9. The average Bonchev–Trinajstić information content (AvgIpc) is 3.21. The van der Waals surface area contributed by atoms with Gasteiger partial charge in [0.1, 0.15) is 5.70 Å². The molecule has 7 nitrogen and oxygen atoms in total. The van der Waals surface area contributed by atoms with Crippen LogP contribution >= 0.6 is 0 Å². The summed E-state index contributed by atoms with van der Waals surface area (Å²) in [4.78, 5) is 52.2. The van der Waals surface area contributed by atoms with Crippen molar-refractivity contribution in [1.82, 2.24) is 15.1 Å². The van der Waals surface area contributed by atoms with E-state index in [9.17, 15) is 19.2 Å². The number of hydrogen-bond donors (Lipinski definition) is 1. The first-order valence-electron chi connectivity index (χ1n) is 10.3. The highest BCUT2D eigenvalue weighted by molar-refractivity contribution is 6.21. The highest BCUT2D eigenvalue weighted by Gasteiger charge is 2.36. The SMILES string of the molecule is O=C1NC(=Cc2ccc3ccccc3c2)C(=O)N1CCCN1C(=O)c2ccccc2C1=O. The van der Waals surface area contributed by atoms with E-state index in [0.29, 0.717) is 17.5 Å². The first kappa shape index (κ1) is 19.7. The smallest absolute Gasteiger partial charge is 0.303 e. The summed E-state index contributed by atoms with van der Waals surface area (Å²) in [5.41, 5.74) is 1.77. The van der Waals surface area contributed by atoms with Gasteiger partial charge in [-0.3, -0.25) is 24.2 Å². The van der Waals surface area contributed by atoms with Crippen LogP contribution in [0.2, 0.25) is 0 Å². The van der Waals surface area contributed by atoms with Crippen LogP contribution in [0, 0.1) is 0 Å². The largest absolute Gasteiger partial charge is 0.329 e. The summed E-state index contributed by atoms with van der Waals surface area (Å²) in [5, 5.41) is 4.74. The molecule has 5 rings (SSSR count). The molecule has 3 aromatic rings. The molecule has 0 atom stereocenters. The summed E-state index contributed by atoms with van der Waals surface area (Å²) in [6.07, 6.45) is 1.95. The molecule has 32 heavy (non-hydrogen) atoms. The number of rotatable bonds is 5. The highest BCUT2D eigenvalue weighted by atomic mass is 16.2. The van der Waals surface area contributed by atoms with Crippen molar-refractivity contribution in [3.63, 3.8) is 0 Å². The van der Waals surface area contributed by atoms with Crippen LogP contribution < -0.4 is 5.32 Å². The molecule has 0 saturated carbocycles. The monoisotopic (exact) mass is 425 g/mol. The predicted octanol–water partition coefficient (Wildman–Crippen LogP) is 3.42.